The highest BCUT2D eigenvalue weighted by Gasteiger charge is 2.36. The summed E-state index contributed by atoms with van der Waals surface area (Å²) in [5, 5.41) is 12.5. The Labute approximate surface area is 605 Å². The van der Waals surface area contributed by atoms with Crippen molar-refractivity contribution in [3.8, 4) is 57.1 Å². The molecule has 25 nitrogen and oxygen atoms in total. The summed E-state index contributed by atoms with van der Waals surface area (Å²) >= 11 is 0. The van der Waals surface area contributed by atoms with Gasteiger partial charge in [0.1, 0.15) is 70.4 Å². The minimum Gasteiger partial charge on any atom is -0.494 e. The lowest BCUT2D eigenvalue weighted by atomic mass is 9.90. The van der Waals surface area contributed by atoms with Crippen LogP contribution in [0.25, 0.3) is 22.6 Å². The lowest BCUT2D eigenvalue weighted by Gasteiger charge is -2.32. The fraction of sp³-hybridized carbons (Fsp3) is 0.333. The predicted molar refractivity (Wildman–Crippen MR) is 386 cm³/mol. The van der Waals surface area contributed by atoms with Crippen LogP contribution in [0.15, 0.2) is 179 Å². The fourth-order valence-electron chi connectivity index (χ4n) is 11.5. The first-order chi connectivity index (χ1) is 50.6. The van der Waals surface area contributed by atoms with Gasteiger partial charge < -0.3 is 67.8 Å². The zero-order valence-corrected chi connectivity index (χ0v) is 60.1. The number of rotatable bonds is 44. The molecule has 2 heterocycles. The number of unbranched alkanes of at least 4 members (excludes halogenated alkanes) is 4. The van der Waals surface area contributed by atoms with Crippen molar-refractivity contribution < 1.29 is 89.4 Å². The third-order valence-electron chi connectivity index (χ3n) is 16.6. The van der Waals surface area contributed by atoms with Crippen LogP contribution in [-0.4, -0.2) is 97.1 Å². The van der Waals surface area contributed by atoms with Gasteiger partial charge in [-0.15, -0.1) is 0 Å². The van der Waals surface area contributed by atoms with E-state index < -0.39 is 67.7 Å². The summed E-state index contributed by atoms with van der Waals surface area (Å²) in [6, 6.07) is 45.3. The van der Waals surface area contributed by atoms with Gasteiger partial charge in [0.05, 0.1) is 50.5 Å². The van der Waals surface area contributed by atoms with Crippen LogP contribution in [0.3, 0.4) is 0 Å². The third-order valence-corrected chi connectivity index (χ3v) is 17.4. The maximum atomic E-state index is 14.0. The van der Waals surface area contributed by atoms with Gasteiger partial charge in [-0.3, -0.25) is 28.8 Å². The fourth-order valence-corrected chi connectivity index (χ4v) is 12.1. The Morgan fingerprint density at radius 3 is 1.21 bits per heavy atom. The Morgan fingerprint density at radius 2 is 0.837 bits per heavy atom. The smallest absolute Gasteiger partial charge is 0.418 e. The molecular weight excluding hydrogens is 1360 g/mol. The van der Waals surface area contributed by atoms with Gasteiger partial charge in [0.2, 0.25) is 24.6 Å². The van der Waals surface area contributed by atoms with Gasteiger partial charge in [-0.1, -0.05) is 151 Å². The molecule has 6 aromatic carbocycles. The van der Waals surface area contributed by atoms with E-state index >= 15 is 0 Å². The van der Waals surface area contributed by atoms with Gasteiger partial charge in [-0.05, 0) is 123 Å². The lowest BCUT2D eigenvalue weighted by molar-refractivity contribution is -0.171. The summed E-state index contributed by atoms with van der Waals surface area (Å²) in [5.41, 5.74) is 2.68. The molecular formula is C78H89N6O19P. The second-order valence-corrected chi connectivity index (χ2v) is 24.8. The normalized spacial score (nSPS) is 12.1. The summed E-state index contributed by atoms with van der Waals surface area (Å²) in [5.74, 6) is -4.32. The molecule has 0 spiro atoms. The van der Waals surface area contributed by atoms with Crippen LogP contribution in [-0.2, 0) is 46.6 Å². The van der Waals surface area contributed by atoms with E-state index in [1.807, 2.05) is 74.5 Å². The molecule has 0 saturated heterocycles. The molecule has 0 saturated carbocycles. The van der Waals surface area contributed by atoms with Crippen molar-refractivity contribution in [2.45, 2.75) is 131 Å². The number of para-hydroxylation sites is 2. The Balaban J connectivity index is 0.862. The van der Waals surface area contributed by atoms with Gasteiger partial charge in [-0.25, -0.2) is 14.2 Å². The van der Waals surface area contributed by atoms with E-state index in [0.29, 0.717) is 61.1 Å². The van der Waals surface area contributed by atoms with Gasteiger partial charge in [-0.2, -0.15) is 10.1 Å². The Morgan fingerprint density at radius 1 is 0.452 bits per heavy atom. The van der Waals surface area contributed by atoms with Crippen LogP contribution in [0.4, 0.5) is 0 Å². The molecule has 0 unspecified atom stereocenters. The molecule has 4 atom stereocenters. The number of furan rings is 2. The number of hydrogen-bond acceptors (Lipinski definition) is 19. The molecule has 0 radical (unpaired) electrons. The number of hydrogen-bond donors (Lipinski definition) is 4. The third kappa shape index (κ3) is 22.8. The number of ether oxygens (including phenoxy) is 4. The first kappa shape index (κ1) is 78.4. The van der Waals surface area contributed by atoms with Crippen molar-refractivity contribution >= 4 is 56.6 Å². The van der Waals surface area contributed by atoms with Crippen LogP contribution >= 0.6 is 8.25 Å². The van der Waals surface area contributed by atoms with E-state index in [2.05, 4.69) is 21.3 Å². The number of carbonyl (C=O) groups excluding carboxylic acids is 8. The molecule has 8 aromatic rings. The van der Waals surface area contributed by atoms with E-state index in [-0.39, 0.29) is 110 Å². The SMILES string of the molecule is CCCCC[C@@H](C(=O)NCNC(=O)c1ccc(-c2cc(OCC)cc(O[PH](=O)Oc3cc(OCC)cc(-c4ccc(C(=O)NCNC(=O)[C@H](CCCCC)[C@@H](CC)N(C=O)OC(=O)c5ccccc5OCc5ccccc5)o4)c3)c2)o1)[C@@H](CC)N(C=O)OC(=O)c1ccccc1OCc1ccccc1. The Hall–Kier alpha value is -11.3. The van der Waals surface area contributed by atoms with E-state index in [0.717, 1.165) is 46.9 Å². The zero-order chi connectivity index (χ0) is 74.2. The lowest BCUT2D eigenvalue weighted by Crippen LogP contribution is -2.49. The molecule has 0 aliphatic rings. The molecule has 550 valence electrons. The molecule has 8 rings (SSSR count). The van der Waals surface area contributed by atoms with Gasteiger partial charge in [0, 0.05) is 23.3 Å². The van der Waals surface area contributed by atoms with Gasteiger partial charge >= 0.3 is 20.2 Å². The average Bonchev–Trinajstić information content (AvgIpc) is 1.54. The highest BCUT2D eigenvalue weighted by Crippen LogP contribution is 2.40. The molecule has 0 fully saturated rings. The summed E-state index contributed by atoms with van der Waals surface area (Å²) in [6.07, 6.45) is 6.48. The number of hydroxylamine groups is 4. The molecule has 26 heteroatoms. The van der Waals surface area contributed by atoms with Crippen LogP contribution < -0.4 is 49.3 Å². The van der Waals surface area contributed by atoms with Crippen LogP contribution in [0.5, 0.6) is 34.5 Å². The molecule has 104 heavy (non-hydrogen) atoms. The van der Waals surface area contributed by atoms with Crippen molar-refractivity contribution in [3.63, 3.8) is 0 Å². The monoisotopic (exact) mass is 1440 g/mol. The topological polar surface area (TPSA) is 308 Å². The summed E-state index contributed by atoms with van der Waals surface area (Å²) in [6.45, 7) is 11.3. The van der Waals surface area contributed by atoms with Gasteiger partial charge in [0.25, 0.3) is 11.8 Å². The van der Waals surface area contributed by atoms with E-state index in [1.165, 1.54) is 60.7 Å². The summed E-state index contributed by atoms with van der Waals surface area (Å²) < 4.78 is 61.1. The van der Waals surface area contributed by atoms with Crippen molar-refractivity contribution in [2.24, 2.45) is 11.8 Å². The standard InChI is InChI=1S/C78H89N6O19P/c1-7-13-17-31-61(65(9-3)83(51-85)100-77(91)63-33-23-25-35-69(63)96-47-53-27-19-15-20-28-53)73(87)79-49-81-75(89)71-39-37-67(98-71)55-41-57(94-11-5)45-59(43-55)102-104(93)103-60-44-56(42-58(46-60)95-12-6)68-38-40-72(99-68)76(90)82-50-80-74(88)62(32-18-14-8-2)66(10-4)84(52-86)101-78(92)64-34-24-26-36-70(64)97-48-54-29-21-16-22-30-54/h15-16,19-30,33-46,51-52,61-62,65-66,104H,7-14,17-18,31-32,47-50H2,1-6H3,(H,79,87)(H,80,88)(H,81,89)(H,82,90)/t61-,62-,65-,66-/m1/s1. The van der Waals surface area contributed by atoms with Crippen LogP contribution in [0, 0.1) is 11.8 Å². The quantitative estimate of drug-likeness (QED) is 0.00906. The first-order valence-corrected chi connectivity index (χ1v) is 36.0. The average molecular weight is 1450 g/mol. The second kappa shape index (κ2) is 40.9. The van der Waals surface area contributed by atoms with E-state index in [9.17, 15) is 42.9 Å². The number of carbonyl (C=O) groups is 8. The molecule has 0 aliphatic carbocycles. The number of benzene rings is 6. The van der Waals surface area contributed by atoms with Crippen molar-refractivity contribution in [3.05, 3.63) is 204 Å². The molecule has 2 aromatic heterocycles. The maximum Gasteiger partial charge on any atom is 0.418 e. The number of nitrogens with zero attached hydrogens (tertiary/aromatic N) is 2. The molecule has 4 N–H and O–H groups in total. The molecule has 0 aliphatic heterocycles. The molecule has 0 bridgehead atoms. The van der Waals surface area contributed by atoms with E-state index in [4.69, 9.17) is 46.5 Å². The highest BCUT2D eigenvalue weighted by molar-refractivity contribution is 7.34. The molecule has 6 amide bonds. The number of amides is 6. The van der Waals surface area contributed by atoms with Crippen LogP contribution in [0.2, 0.25) is 0 Å². The summed E-state index contributed by atoms with van der Waals surface area (Å²) in [7, 11) is -3.42. The minimum atomic E-state index is -3.42. The minimum absolute atomic E-state index is 0.0581. The first-order valence-electron chi connectivity index (χ1n) is 34.8. The largest absolute Gasteiger partial charge is 0.494 e. The Kier molecular flexibility index (Phi) is 30.9. The predicted octanol–water partition coefficient (Wildman–Crippen LogP) is 14.0. The second-order valence-electron chi connectivity index (χ2n) is 23.9. The number of nitrogens with one attached hydrogen (secondary N) is 4. The van der Waals surface area contributed by atoms with Crippen molar-refractivity contribution in [2.75, 3.05) is 26.6 Å². The highest BCUT2D eigenvalue weighted by atomic mass is 31.1. The Bertz CT molecular complexity index is 3890. The van der Waals surface area contributed by atoms with Gasteiger partial charge in [0.15, 0.2) is 11.5 Å². The summed E-state index contributed by atoms with van der Waals surface area (Å²) in [4.78, 5) is 119. The van der Waals surface area contributed by atoms with Crippen molar-refractivity contribution in [1.29, 1.82) is 0 Å². The van der Waals surface area contributed by atoms with Crippen LogP contribution in [0.1, 0.15) is 159 Å². The van der Waals surface area contributed by atoms with Crippen molar-refractivity contribution in [1.82, 2.24) is 31.4 Å². The van der Waals surface area contributed by atoms with E-state index in [1.54, 1.807) is 76.2 Å². The zero-order valence-electron chi connectivity index (χ0n) is 59.1. The maximum absolute atomic E-state index is 14.0.